The molecule has 1 aliphatic heterocycles. The van der Waals surface area contributed by atoms with Crippen molar-refractivity contribution in [2.24, 2.45) is 5.73 Å². The second-order valence-corrected chi connectivity index (χ2v) is 18.7. The molecule has 5 aromatic rings. The minimum Gasteiger partial charge on any atom is -0.497 e. The third-order valence-electron chi connectivity index (χ3n) is 10.1. The fourth-order valence-electron chi connectivity index (χ4n) is 7.43. The number of hydrogen-bond donors (Lipinski definition) is 2. The largest absolute Gasteiger partial charge is 0.497 e. The Hall–Kier alpha value is -5.50. The van der Waals surface area contributed by atoms with Gasteiger partial charge in [-0.15, -0.1) is 0 Å². The van der Waals surface area contributed by atoms with Gasteiger partial charge in [0.25, 0.3) is 8.32 Å². The summed E-state index contributed by atoms with van der Waals surface area (Å²) < 4.78 is 18.2. The molecule has 282 valence electrons. The molecule has 4 aromatic carbocycles. The number of methoxy groups -OCH3 is 2. The molecule has 12 nitrogen and oxygen atoms in total. The summed E-state index contributed by atoms with van der Waals surface area (Å²) in [5, 5.41) is 22.1. The maximum Gasteiger partial charge on any atom is 0.408 e. The number of β-lactam (4-membered cyclic amide) rings is 1. The Kier molecular flexibility index (Phi) is 11.5. The van der Waals surface area contributed by atoms with E-state index in [9.17, 15) is 14.7 Å². The number of carbonyl (C=O) groups is 2. The molecule has 2 amide bonds. The molecule has 3 N–H and O–H groups in total. The number of benzene rings is 4. The SMILES string of the molecule is COc1ccc(CN2C(=O)[C@@H](N(Cc3ccccc3)C(=O)O)[C@@H]2Cn2nc(CN)c(CO[Si](c3ccccc3)(c3ccccc3)C(C)(C)C)n2)c(OC)c1. The molecule has 1 fully saturated rings. The van der Waals surface area contributed by atoms with Crippen molar-refractivity contribution in [2.45, 2.75) is 70.7 Å². The zero-order chi connectivity index (χ0) is 38.5. The van der Waals surface area contributed by atoms with Crippen LogP contribution in [0.25, 0.3) is 0 Å². The van der Waals surface area contributed by atoms with Crippen LogP contribution >= 0.6 is 0 Å². The lowest BCUT2D eigenvalue weighted by atomic mass is 9.91. The molecule has 2 heterocycles. The summed E-state index contributed by atoms with van der Waals surface area (Å²) in [6.45, 7) is 7.27. The zero-order valence-electron chi connectivity index (χ0n) is 31.4. The quantitative estimate of drug-likeness (QED) is 0.114. The van der Waals surface area contributed by atoms with Crippen molar-refractivity contribution < 1.29 is 28.6 Å². The molecule has 6 rings (SSSR count). The highest BCUT2D eigenvalue weighted by Gasteiger charge is 2.53. The van der Waals surface area contributed by atoms with Crippen LogP contribution in [0.1, 0.15) is 43.3 Å². The van der Waals surface area contributed by atoms with Crippen LogP contribution in [0.2, 0.25) is 5.04 Å². The molecule has 13 heteroatoms. The number of carbonyl (C=O) groups excluding carboxylic acids is 1. The van der Waals surface area contributed by atoms with Gasteiger partial charge >= 0.3 is 6.09 Å². The second-order valence-electron chi connectivity index (χ2n) is 14.4. The lowest BCUT2D eigenvalue weighted by Gasteiger charge is -2.50. The lowest BCUT2D eigenvalue weighted by molar-refractivity contribution is -0.161. The van der Waals surface area contributed by atoms with Gasteiger partial charge in [-0.25, -0.2) is 4.79 Å². The summed E-state index contributed by atoms with van der Waals surface area (Å²) in [4.78, 5) is 31.1. The number of hydrogen-bond acceptors (Lipinski definition) is 8. The Morgan fingerprint density at radius 3 is 2.00 bits per heavy atom. The van der Waals surface area contributed by atoms with Crippen molar-refractivity contribution in [1.29, 1.82) is 0 Å². The molecule has 0 bridgehead atoms. The van der Waals surface area contributed by atoms with Crippen LogP contribution in [0.5, 0.6) is 11.5 Å². The lowest BCUT2D eigenvalue weighted by Crippen LogP contribution is -2.71. The molecule has 0 unspecified atom stereocenters. The first kappa shape index (κ1) is 38.2. The van der Waals surface area contributed by atoms with E-state index in [1.807, 2.05) is 72.8 Å². The van der Waals surface area contributed by atoms with E-state index in [2.05, 4.69) is 45.0 Å². The Morgan fingerprint density at radius 2 is 1.46 bits per heavy atom. The third kappa shape index (κ3) is 7.61. The van der Waals surface area contributed by atoms with E-state index in [0.717, 1.165) is 21.5 Å². The third-order valence-corrected chi connectivity index (χ3v) is 15.1. The number of ether oxygens (including phenoxy) is 2. The standard InChI is InChI=1S/C41H48N6O6Si/c1-41(2,3)54(32-17-11-7-12-18-32,33-19-13-8-14-20-33)53-28-35-34(24-42)43-47(44-35)27-36-38(46(40(49)50)25-29-15-9-6-10-16-29)39(48)45(36)26-30-21-22-31(51-4)23-37(30)52-5/h6-23,36,38H,24-28,42H2,1-5H3,(H,49,50)/t36-,38-/m0/s1. The molecule has 1 aliphatic rings. The predicted molar refractivity (Wildman–Crippen MR) is 208 cm³/mol. The maximum atomic E-state index is 14.0. The van der Waals surface area contributed by atoms with E-state index in [0.29, 0.717) is 22.9 Å². The molecule has 0 aliphatic carbocycles. The summed E-state index contributed by atoms with van der Waals surface area (Å²) in [5.74, 6) is 0.842. The molecule has 0 saturated carbocycles. The topological polar surface area (TPSA) is 145 Å². The second kappa shape index (κ2) is 16.2. The van der Waals surface area contributed by atoms with Crippen molar-refractivity contribution in [3.8, 4) is 11.5 Å². The smallest absolute Gasteiger partial charge is 0.408 e. The monoisotopic (exact) mass is 748 g/mol. The number of nitrogens with two attached hydrogens (primary N) is 1. The number of amides is 2. The van der Waals surface area contributed by atoms with Gasteiger partial charge in [0, 0.05) is 31.3 Å². The van der Waals surface area contributed by atoms with Crippen LogP contribution in [-0.4, -0.2) is 76.5 Å². The van der Waals surface area contributed by atoms with Gasteiger partial charge in [-0.1, -0.05) is 112 Å². The Balaban J connectivity index is 1.34. The molecule has 1 saturated heterocycles. The van der Waals surface area contributed by atoms with Crippen LogP contribution in [0, 0.1) is 0 Å². The van der Waals surface area contributed by atoms with Crippen LogP contribution < -0.4 is 25.6 Å². The van der Waals surface area contributed by atoms with Crippen LogP contribution in [0.4, 0.5) is 4.79 Å². The highest BCUT2D eigenvalue weighted by atomic mass is 28.4. The molecule has 54 heavy (non-hydrogen) atoms. The predicted octanol–water partition coefficient (Wildman–Crippen LogP) is 4.79. The Bertz CT molecular complexity index is 2000. The minimum atomic E-state index is -2.90. The normalized spacial score (nSPS) is 15.8. The average Bonchev–Trinajstić information content (AvgIpc) is 3.58. The minimum absolute atomic E-state index is 0.0426. The van der Waals surface area contributed by atoms with Crippen molar-refractivity contribution >= 4 is 30.7 Å². The van der Waals surface area contributed by atoms with E-state index in [1.54, 1.807) is 31.3 Å². The van der Waals surface area contributed by atoms with Crippen LogP contribution in [-0.2, 0) is 42.0 Å². The number of nitrogens with zero attached hydrogens (tertiary/aromatic N) is 5. The van der Waals surface area contributed by atoms with Crippen LogP contribution in [0.15, 0.2) is 109 Å². The fourth-order valence-corrected chi connectivity index (χ4v) is 11.9. The molecular formula is C41H48N6O6Si. The highest BCUT2D eigenvalue weighted by Crippen LogP contribution is 2.38. The zero-order valence-corrected chi connectivity index (χ0v) is 32.4. The molecule has 0 spiro atoms. The number of aromatic nitrogens is 3. The summed E-state index contributed by atoms with van der Waals surface area (Å²) in [7, 11) is 0.223. The van der Waals surface area contributed by atoms with Crippen molar-refractivity contribution in [2.75, 3.05) is 14.2 Å². The first-order chi connectivity index (χ1) is 26.0. The van der Waals surface area contributed by atoms with Gasteiger partial charge in [0.1, 0.15) is 28.9 Å². The van der Waals surface area contributed by atoms with Gasteiger partial charge in [0.05, 0.1) is 33.4 Å². The van der Waals surface area contributed by atoms with Gasteiger partial charge in [0.15, 0.2) is 0 Å². The van der Waals surface area contributed by atoms with Gasteiger partial charge in [-0.05, 0) is 33.1 Å². The van der Waals surface area contributed by atoms with E-state index < -0.39 is 26.5 Å². The van der Waals surface area contributed by atoms with Gasteiger partial charge in [0.2, 0.25) is 5.91 Å². The molecular weight excluding hydrogens is 701 g/mol. The summed E-state index contributed by atoms with van der Waals surface area (Å²) in [5.41, 5.74) is 8.94. The first-order valence-electron chi connectivity index (χ1n) is 17.9. The molecule has 2 atom stereocenters. The van der Waals surface area contributed by atoms with E-state index in [-0.39, 0.29) is 43.7 Å². The van der Waals surface area contributed by atoms with Crippen molar-refractivity contribution in [3.05, 3.63) is 132 Å². The summed E-state index contributed by atoms with van der Waals surface area (Å²) >= 11 is 0. The number of rotatable bonds is 15. The van der Waals surface area contributed by atoms with Gasteiger partial charge in [-0.3, -0.25) is 9.69 Å². The van der Waals surface area contributed by atoms with Crippen molar-refractivity contribution in [3.63, 3.8) is 0 Å². The fraction of sp³-hybridized carbons (Fsp3) is 0.317. The highest BCUT2D eigenvalue weighted by molar-refractivity contribution is 6.99. The average molecular weight is 749 g/mol. The summed E-state index contributed by atoms with van der Waals surface area (Å²) in [6.07, 6.45) is -1.20. The van der Waals surface area contributed by atoms with Crippen molar-refractivity contribution in [1.82, 2.24) is 24.8 Å². The van der Waals surface area contributed by atoms with Gasteiger partial charge < -0.3 is 29.6 Å². The van der Waals surface area contributed by atoms with E-state index in [1.165, 1.54) is 9.70 Å². The van der Waals surface area contributed by atoms with E-state index in [4.69, 9.17) is 29.8 Å². The number of carboxylic acid groups (broad SMARTS) is 1. The molecule has 0 radical (unpaired) electrons. The number of likely N-dealkylation sites (tertiary alicyclic amines) is 1. The Labute approximate surface area is 317 Å². The first-order valence-corrected chi connectivity index (χ1v) is 19.8. The van der Waals surface area contributed by atoms with E-state index >= 15 is 0 Å². The Morgan fingerprint density at radius 1 is 0.870 bits per heavy atom. The summed E-state index contributed by atoms with van der Waals surface area (Å²) in [6, 6.07) is 33.8. The molecule has 1 aromatic heterocycles. The van der Waals surface area contributed by atoms with Gasteiger partial charge in [-0.2, -0.15) is 15.0 Å². The maximum absolute atomic E-state index is 14.0. The van der Waals surface area contributed by atoms with Crippen LogP contribution in [0.3, 0.4) is 0 Å².